The minimum Gasteiger partial charge on any atom is -0.313 e. The summed E-state index contributed by atoms with van der Waals surface area (Å²) in [5, 5.41) is 2.80. The van der Waals surface area contributed by atoms with Crippen LogP contribution in [0.15, 0.2) is 17.0 Å². The molecule has 1 aromatic rings. The third kappa shape index (κ3) is 3.78. The smallest absolute Gasteiger partial charge is 0.243 e. The molecule has 1 fully saturated rings. The molecule has 21 heavy (non-hydrogen) atoms. The summed E-state index contributed by atoms with van der Waals surface area (Å²) in [6.45, 7) is 4.05. The zero-order valence-corrected chi connectivity index (χ0v) is 12.9. The summed E-state index contributed by atoms with van der Waals surface area (Å²) < 4.78 is 54.9. The zero-order chi connectivity index (χ0) is 15.6. The van der Waals surface area contributed by atoms with Crippen molar-refractivity contribution in [1.29, 1.82) is 0 Å². The second kappa shape index (κ2) is 6.37. The van der Waals surface area contributed by atoms with Gasteiger partial charge < -0.3 is 5.32 Å². The number of sulfonamides is 1. The van der Waals surface area contributed by atoms with E-state index in [0.29, 0.717) is 12.5 Å². The van der Waals surface area contributed by atoms with E-state index in [2.05, 4.69) is 10.0 Å². The SMILES string of the molecule is CCNCc1c(F)ccc(S(=O)(=O)NC(C)C2CC2)c1F. The fourth-order valence-corrected chi connectivity index (χ4v) is 3.61. The molecule has 0 bridgehead atoms. The molecule has 0 amide bonds. The van der Waals surface area contributed by atoms with Crippen LogP contribution in [0.5, 0.6) is 0 Å². The lowest BCUT2D eigenvalue weighted by atomic mass is 10.2. The van der Waals surface area contributed by atoms with Crippen LogP contribution in [0.25, 0.3) is 0 Å². The molecule has 1 saturated carbocycles. The van der Waals surface area contributed by atoms with Gasteiger partial charge in [-0.3, -0.25) is 0 Å². The Bertz CT molecular complexity index is 616. The molecule has 2 rings (SSSR count). The van der Waals surface area contributed by atoms with E-state index in [1.807, 2.05) is 0 Å². The Kier molecular flexibility index (Phi) is 4.95. The van der Waals surface area contributed by atoms with Crippen molar-refractivity contribution >= 4 is 10.0 Å². The topological polar surface area (TPSA) is 58.2 Å². The van der Waals surface area contributed by atoms with Gasteiger partial charge in [-0.15, -0.1) is 0 Å². The summed E-state index contributed by atoms with van der Waals surface area (Å²) in [6, 6.07) is 1.73. The maximum Gasteiger partial charge on any atom is 0.243 e. The van der Waals surface area contributed by atoms with Crippen LogP contribution in [0.4, 0.5) is 8.78 Å². The van der Waals surface area contributed by atoms with Crippen LogP contribution in [0, 0.1) is 17.6 Å². The standard InChI is InChI=1S/C14H20F2N2O2S/c1-3-17-8-11-12(15)6-7-13(14(11)16)21(19,20)18-9(2)10-4-5-10/h6-7,9-10,17-18H,3-5,8H2,1-2H3. The van der Waals surface area contributed by atoms with E-state index in [1.54, 1.807) is 13.8 Å². The van der Waals surface area contributed by atoms with Crippen molar-refractivity contribution in [1.82, 2.24) is 10.0 Å². The van der Waals surface area contributed by atoms with Gasteiger partial charge in [0.2, 0.25) is 10.0 Å². The van der Waals surface area contributed by atoms with Crippen LogP contribution in [0.2, 0.25) is 0 Å². The van der Waals surface area contributed by atoms with Crippen LogP contribution in [-0.2, 0) is 16.6 Å². The quantitative estimate of drug-likeness (QED) is 0.810. The highest BCUT2D eigenvalue weighted by atomic mass is 32.2. The molecule has 1 unspecified atom stereocenters. The maximum absolute atomic E-state index is 14.3. The first kappa shape index (κ1) is 16.3. The maximum atomic E-state index is 14.3. The van der Waals surface area contributed by atoms with Gasteiger partial charge in [0.15, 0.2) is 5.82 Å². The molecule has 2 N–H and O–H groups in total. The van der Waals surface area contributed by atoms with Gasteiger partial charge in [-0.05, 0) is 44.4 Å². The average Bonchev–Trinajstić information content (AvgIpc) is 3.21. The van der Waals surface area contributed by atoms with Gasteiger partial charge in [0, 0.05) is 18.2 Å². The summed E-state index contributed by atoms with van der Waals surface area (Å²) in [4.78, 5) is -0.496. The number of nitrogens with one attached hydrogen (secondary N) is 2. The largest absolute Gasteiger partial charge is 0.313 e. The third-order valence-electron chi connectivity index (χ3n) is 3.66. The van der Waals surface area contributed by atoms with E-state index < -0.39 is 26.6 Å². The average molecular weight is 318 g/mol. The Morgan fingerprint density at radius 1 is 1.33 bits per heavy atom. The number of benzene rings is 1. The van der Waals surface area contributed by atoms with Crippen LogP contribution in [-0.4, -0.2) is 21.0 Å². The Morgan fingerprint density at radius 2 is 2.00 bits per heavy atom. The second-order valence-corrected chi connectivity index (χ2v) is 7.05. The van der Waals surface area contributed by atoms with Crippen molar-refractivity contribution in [2.75, 3.05) is 6.54 Å². The van der Waals surface area contributed by atoms with E-state index in [4.69, 9.17) is 0 Å². The van der Waals surface area contributed by atoms with Crippen molar-refractivity contribution in [3.05, 3.63) is 29.3 Å². The summed E-state index contributed by atoms with van der Waals surface area (Å²) in [6.07, 6.45) is 1.95. The minimum absolute atomic E-state index is 0.0459. The lowest BCUT2D eigenvalue weighted by Gasteiger charge is -2.15. The molecule has 1 aliphatic rings. The predicted molar refractivity (Wildman–Crippen MR) is 76.2 cm³/mol. The molecule has 4 nitrogen and oxygen atoms in total. The molecule has 118 valence electrons. The molecule has 0 heterocycles. The molecule has 1 aliphatic carbocycles. The molecule has 0 radical (unpaired) electrons. The Morgan fingerprint density at radius 3 is 2.57 bits per heavy atom. The zero-order valence-electron chi connectivity index (χ0n) is 12.1. The van der Waals surface area contributed by atoms with Crippen molar-refractivity contribution in [2.24, 2.45) is 5.92 Å². The van der Waals surface area contributed by atoms with Crippen molar-refractivity contribution in [3.8, 4) is 0 Å². The number of hydrogen-bond donors (Lipinski definition) is 2. The molecular formula is C14H20F2N2O2S. The molecule has 1 atom stereocenters. The molecule has 0 spiro atoms. The first-order chi connectivity index (χ1) is 9.86. The Hall–Kier alpha value is -1.05. The molecule has 0 aromatic heterocycles. The highest BCUT2D eigenvalue weighted by molar-refractivity contribution is 7.89. The monoisotopic (exact) mass is 318 g/mol. The van der Waals surface area contributed by atoms with Crippen LogP contribution in [0.1, 0.15) is 32.3 Å². The predicted octanol–water partition coefficient (Wildman–Crippen LogP) is 2.15. The fourth-order valence-electron chi connectivity index (χ4n) is 2.20. The Balaban J connectivity index is 2.29. The second-order valence-electron chi connectivity index (χ2n) is 5.37. The van der Waals surface area contributed by atoms with Gasteiger partial charge >= 0.3 is 0 Å². The number of halogens is 2. The Labute approximate surface area is 124 Å². The van der Waals surface area contributed by atoms with Crippen molar-refractivity contribution in [3.63, 3.8) is 0 Å². The van der Waals surface area contributed by atoms with E-state index in [1.165, 1.54) is 0 Å². The molecule has 0 saturated heterocycles. The van der Waals surface area contributed by atoms with Crippen molar-refractivity contribution < 1.29 is 17.2 Å². The normalized spacial score (nSPS) is 17.0. The van der Waals surface area contributed by atoms with E-state index >= 15 is 0 Å². The third-order valence-corrected chi connectivity index (χ3v) is 5.24. The van der Waals surface area contributed by atoms with Gasteiger partial charge in [-0.2, -0.15) is 0 Å². The summed E-state index contributed by atoms with van der Waals surface area (Å²) in [5.74, 6) is -1.46. The van der Waals surface area contributed by atoms with E-state index in [0.717, 1.165) is 25.0 Å². The summed E-state index contributed by atoms with van der Waals surface area (Å²) >= 11 is 0. The van der Waals surface area contributed by atoms with E-state index in [-0.39, 0.29) is 18.2 Å². The summed E-state index contributed by atoms with van der Waals surface area (Å²) in [7, 11) is -3.98. The highest BCUT2D eigenvalue weighted by Gasteiger charge is 2.32. The molecule has 7 heteroatoms. The fraction of sp³-hybridized carbons (Fsp3) is 0.571. The minimum atomic E-state index is -3.98. The molecular weight excluding hydrogens is 298 g/mol. The lowest BCUT2D eigenvalue weighted by Crippen LogP contribution is -2.34. The highest BCUT2D eigenvalue weighted by Crippen LogP contribution is 2.33. The number of hydrogen-bond acceptors (Lipinski definition) is 3. The first-order valence-electron chi connectivity index (χ1n) is 7.06. The van der Waals surface area contributed by atoms with Crippen LogP contribution < -0.4 is 10.0 Å². The van der Waals surface area contributed by atoms with Crippen molar-refractivity contribution in [2.45, 2.75) is 44.2 Å². The van der Waals surface area contributed by atoms with Gasteiger partial charge in [0.05, 0.1) is 0 Å². The number of rotatable bonds is 7. The van der Waals surface area contributed by atoms with Gasteiger partial charge in [-0.25, -0.2) is 21.9 Å². The molecule has 0 aliphatic heterocycles. The van der Waals surface area contributed by atoms with Gasteiger partial charge in [0.1, 0.15) is 10.7 Å². The summed E-state index contributed by atoms with van der Waals surface area (Å²) in [5.41, 5.74) is -0.251. The molecule has 1 aromatic carbocycles. The van der Waals surface area contributed by atoms with Crippen LogP contribution >= 0.6 is 0 Å². The van der Waals surface area contributed by atoms with Crippen LogP contribution in [0.3, 0.4) is 0 Å². The lowest BCUT2D eigenvalue weighted by molar-refractivity contribution is 0.505. The first-order valence-corrected chi connectivity index (χ1v) is 8.55. The van der Waals surface area contributed by atoms with Gasteiger partial charge in [0.25, 0.3) is 0 Å². The van der Waals surface area contributed by atoms with Gasteiger partial charge in [-0.1, -0.05) is 6.92 Å². The van der Waals surface area contributed by atoms with E-state index in [9.17, 15) is 17.2 Å².